The van der Waals surface area contributed by atoms with Gasteiger partial charge in [0.05, 0.1) is 6.61 Å². The quantitative estimate of drug-likeness (QED) is 0.880. The summed E-state index contributed by atoms with van der Waals surface area (Å²) < 4.78 is 5.45. The van der Waals surface area contributed by atoms with Gasteiger partial charge in [0.2, 0.25) is 0 Å². The van der Waals surface area contributed by atoms with Crippen molar-refractivity contribution in [2.24, 2.45) is 0 Å². The lowest BCUT2D eigenvalue weighted by Gasteiger charge is -2.30. The molecular formula is C16H23NO. The van der Waals surface area contributed by atoms with Gasteiger partial charge in [-0.15, -0.1) is 0 Å². The van der Waals surface area contributed by atoms with Crippen LogP contribution in [-0.2, 0) is 15.7 Å². The van der Waals surface area contributed by atoms with Gasteiger partial charge in [0, 0.05) is 18.1 Å². The highest BCUT2D eigenvalue weighted by atomic mass is 16.5. The summed E-state index contributed by atoms with van der Waals surface area (Å²) >= 11 is 0. The first-order valence-corrected chi connectivity index (χ1v) is 7.04. The van der Waals surface area contributed by atoms with Gasteiger partial charge in [-0.2, -0.15) is 0 Å². The molecule has 2 nitrogen and oxygen atoms in total. The molecule has 1 unspecified atom stereocenters. The molecule has 1 aromatic rings. The monoisotopic (exact) mass is 245 g/mol. The molecule has 1 saturated carbocycles. The molecule has 2 fully saturated rings. The average molecular weight is 245 g/mol. The highest BCUT2D eigenvalue weighted by Crippen LogP contribution is 2.51. The molecule has 2 aliphatic rings. The summed E-state index contributed by atoms with van der Waals surface area (Å²) in [5.74, 6) is 0. The smallest absolute Gasteiger partial charge is 0.0559 e. The number of nitrogens with one attached hydrogen (secondary N) is 1. The van der Waals surface area contributed by atoms with Crippen molar-refractivity contribution < 1.29 is 4.74 Å². The van der Waals surface area contributed by atoms with E-state index in [0.717, 1.165) is 13.2 Å². The van der Waals surface area contributed by atoms with Crippen LogP contribution < -0.4 is 5.32 Å². The SMILES string of the molecule is COCC1(c2ccccc2C2(C)CCCN2)CC1. The minimum absolute atomic E-state index is 0.167. The summed E-state index contributed by atoms with van der Waals surface area (Å²) in [5.41, 5.74) is 3.49. The van der Waals surface area contributed by atoms with Gasteiger partial charge in [0.1, 0.15) is 0 Å². The van der Waals surface area contributed by atoms with Crippen molar-refractivity contribution in [1.29, 1.82) is 0 Å². The summed E-state index contributed by atoms with van der Waals surface area (Å²) in [6.45, 7) is 4.35. The number of rotatable bonds is 4. The second-order valence-electron chi connectivity index (χ2n) is 6.12. The zero-order chi connectivity index (χ0) is 12.6. The van der Waals surface area contributed by atoms with E-state index in [4.69, 9.17) is 4.74 Å². The van der Waals surface area contributed by atoms with E-state index >= 15 is 0 Å². The molecule has 1 saturated heterocycles. The van der Waals surface area contributed by atoms with E-state index in [1.165, 1.54) is 36.8 Å². The Bertz CT molecular complexity index is 430. The summed E-state index contributed by atoms with van der Waals surface area (Å²) in [5, 5.41) is 3.69. The number of hydrogen-bond acceptors (Lipinski definition) is 2. The van der Waals surface area contributed by atoms with E-state index in [1.54, 1.807) is 0 Å². The van der Waals surface area contributed by atoms with Gasteiger partial charge in [0.15, 0.2) is 0 Å². The summed E-state index contributed by atoms with van der Waals surface area (Å²) in [7, 11) is 1.82. The minimum Gasteiger partial charge on any atom is -0.384 e. The molecular weight excluding hydrogens is 222 g/mol. The van der Waals surface area contributed by atoms with Crippen LogP contribution in [0.3, 0.4) is 0 Å². The van der Waals surface area contributed by atoms with E-state index in [1.807, 2.05) is 7.11 Å². The Labute approximate surface area is 110 Å². The van der Waals surface area contributed by atoms with Gasteiger partial charge in [0.25, 0.3) is 0 Å². The van der Waals surface area contributed by atoms with E-state index in [0.29, 0.717) is 5.41 Å². The minimum atomic E-state index is 0.167. The first-order chi connectivity index (χ1) is 8.70. The van der Waals surface area contributed by atoms with Crippen LogP contribution in [0.5, 0.6) is 0 Å². The van der Waals surface area contributed by atoms with E-state index in [2.05, 4.69) is 36.5 Å². The Morgan fingerprint density at radius 1 is 1.17 bits per heavy atom. The van der Waals surface area contributed by atoms with Gasteiger partial charge in [-0.25, -0.2) is 0 Å². The lowest BCUT2D eigenvalue weighted by molar-refractivity contribution is 0.170. The molecule has 1 aromatic carbocycles. The Morgan fingerprint density at radius 2 is 1.89 bits per heavy atom. The highest BCUT2D eigenvalue weighted by Gasteiger charge is 2.47. The average Bonchev–Trinajstić information content (AvgIpc) is 3.04. The normalized spacial score (nSPS) is 29.4. The molecule has 18 heavy (non-hydrogen) atoms. The van der Waals surface area contributed by atoms with Crippen LogP contribution in [0.2, 0.25) is 0 Å². The second-order valence-corrected chi connectivity index (χ2v) is 6.12. The maximum Gasteiger partial charge on any atom is 0.0559 e. The molecule has 0 spiro atoms. The number of benzene rings is 1. The molecule has 0 aromatic heterocycles. The molecule has 1 aliphatic heterocycles. The molecule has 1 N–H and O–H groups in total. The number of hydrogen-bond donors (Lipinski definition) is 1. The van der Waals surface area contributed by atoms with Crippen molar-refractivity contribution in [2.75, 3.05) is 20.3 Å². The fraction of sp³-hybridized carbons (Fsp3) is 0.625. The fourth-order valence-corrected chi connectivity index (χ4v) is 3.47. The van der Waals surface area contributed by atoms with Crippen LogP contribution in [0.4, 0.5) is 0 Å². The van der Waals surface area contributed by atoms with Crippen molar-refractivity contribution in [1.82, 2.24) is 5.32 Å². The van der Waals surface area contributed by atoms with Crippen LogP contribution in [0.1, 0.15) is 43.7 Å². The first-order valence-electron chi connectivity index (χ1n) is 7.04. The van der Waals surface area contributed by atoms with Crippen molar-refractivity contribution >= 4 is 0 Å². The Hall–Kier alpha value is -0.860. The maximum absolute atomic E-state index is 5.45. The predicted molar refractivity (Wildman–Crippen MR) is 73.8 cm³/mol. The number of methoxy groups -OCH3 is 1. The highest BCUT2D eigenvalue weighted by molar-refractivity contribution is 5.43. The molecule has 0 amide bonds. The van der Waals surface area contributed by atoms with E-state index in [9.17, 15) is 0 Å². The molecule has 3 rings (SSSR count). The topological polar surface area (TPSA) is 21.3 Å². The molecule has 98 valence electrons. The zero-order valence-electron chi connectivity index (χ0n) is 11.5. The molecule has 1 heterocycles. The van der Waals surface area contributed by atoms with Crippen LogP contribution in [0.15, 0.2) is 24.3 Å². The Kier molecular flexibility index (Phi) is 2.95. The van der Waals surface area contributed by atoms with Crippen molar-refractivity contribution in [3.8, 4) is 0 Å². The fourth-order valence-electron chi connectivity index (χ4n) is 3.47. The molecule has 1 atom stereocenters. The van der Waals surface area contributed by atoms with Crippen LogP contribution >= 0.6 is 0 Å². The Morgan fingerprint density at radius 3 is 2.44 bits per heavy atom. The van der Waals surface area contributed by atoms with Crippen molar-refractivity contribution in [3.05, 3.63) is 35.4 Å². The van der Waals surface area contributed by atoms with Crippen molar-refractivity contribution in [2.45, 2.75) is 43.6 Å². The predicted octanol–water partition coefficient (Wildman–Crippen LogP) is 2.96. The van der Waals surface area contributed by atoms with Gasteiger partial charge in [-0.1, -0.05) is 24.3 Å². The zero-order valence-corrected chi connectivity index (χ0v) is 11.5. The summed E-state index contributed by atoms with van der Waals surface area (Å²) in [6.07, 6.45) is 5.07. The third-order valence-corrected chi connectivity index (χ3v) is 4.74. The summed E-state index contributed by atoms with van der Waals surface area (Å²) in [4.78, 5) is 0. The standard InChI is InChI=1S/C16H23NO/c1-15(8-5-11-17-15)13-6-3-4-7-14(13)16(9-10-16)12-18-2/h3-4,6-7,17H,5,8-12H2,1-2H3. The van der Waals surface area contributed by atoms with Gasteiger partial charge in [-0.05, 0) is 50.3 Å². The van der Waals surface area contributed by atoms with Crippen LogP contribution in [0.25, 0.3) is 0 Å². The van der Waals surface area contributed by atoms with Gasteiger partial charge >= 0.3 is 0 Å². The van der Waals surface area contributed by atoms with Gasteiger partial charge in [-0.3, -0.25) is 0 Å². The number of ether oxygens (including phenoxy) is 1. The third-order valence-electron chi connectivity index (χ3n) is 4.74. The Balaban J connectivity index is 2.00. The van der Waals surface area contributed by atoms with Crippen molar-refractivity contribution in [3.63, 3.8) is 0 Å². The second kappa shape index (κ2) is 4.36. The largest absolute Gasteiger partial charge is 0.384 e. The molecule has 1 aliphatic carbocycles. The third kappa shape index (κ3) is 1.88. The van der Waals surface area contributed by atoms with E-state index in [-0.39, 0.29) is 5.54 Å². The molecule has 0 radical (unpaired) electrons. The van der Waals surface area contributed by atoms with Gasteiger partial charge < -0.3 is 10.1 Å². The summed E-state index contributed by atoms with van der Waals surface area (Å²) in [6, 6.07) is 8.97. The first kappa shape index (κ1) is 12.2. The van der Waals surface area contributed by atoms with Crippen LogP contribution in [-0.4, -0.2) is 20.3 Å². The van der Waals surface area contributed by atoms with Crippen LogP contribution in [0, 0.1) is 0 Å². The maximum atomic E-state index is 5.45. The van der Waals surface area contributed by atoms with E-state index < -0.39 is 0 Å². The lowest BCUT2D eigenvalue weighted by atomic mass is 9.81. The molecule has 2 heteroatoms. The lowest BCUT2D eigenvalue weighted by Crippen LogP contribution is -2.35. The molecule has 0 bridgehead atoms.